The predicted molar refractivity (Wildman–Crippen MR) is 85.8 cm³/mol. The molecule has 0 aromatic heterocycles. The average Bonchev–Trinajstić information content (AvgIpc) is 3.31. The Labute approximate surface area is 128 Å². The fraction of sp³-hybridized carbons (Fsp3) is 0.625. The van der Waals surface area contributed by atoms with E-state index in [2.05, 4.69) is 12.2 Å². The quantitative estimate of drug-likeness (QED) is 0.749. The van der Waals surface area contributed by atoms with Crippen LogP contribution in [0.3, 0.4) is 0 Å². The van der Waals surface area contributed by atoms with Gasteiger partial charge in [0.25, 0.3) is 0 Å². The van der Waals surface area contributed by atoms with Crippen LogP contribution in [0.15, 0.2) is 29.2 Å². The summed E-state index contributed by atoms with van der Waals surface area (Å²) in [6.45, 7) is 5.95. The highest BCUT2D eigenvalue weighted by Gasteiger charge is 2.35. The number of likely N-dealkylation sites (N-methyl/N-ethyl adjacent to an activating group) is 1. The predicted octanol–water partition coefficient (Wildman–Crippen LogP) is 2.26. The number of sulfonamides is 1. The van der Waals surface area contributed by atoms with E-state index >= 15 is 0 Å². The molecule has 4 nitrogen and oxygen atoms in total. The first-order chi connectivity index (χ1) is 9.96. The molecule has 0 bridgehead atoms. The minimum atomic E-state index is -3.37. The molecule has 0 amide bonds. The highest BCUT2D eigenvalue weighted by molar-refractivity contribution is 7.89. The molecule has 21 heavy (non-hydrogen) atoms. The van der Waals surface area contributed by atoms with Crippen molar-refractivity contribution < 1.29 is 8.42 Å². The Kier molecular flexibility index (Phi) is 5.41. The average molecular weight is 310 g/mol. The van der Waals surface area contributed by atoms with Crippen molar-refractivity contribution in [3.05, 3.63) is 29.8 Å². The number of hydrogen-bond acceptors (Lipinski definition) is 3. The Morgan fingerprint density at radius 1 is 1.29 bits per heavy atom. The zero-order valence-electron chi connectivity index (χ0n) is 13.2. The normalized spacial score (nSPS) is 17.1. The van der Waals surface area contributed by atoms with Crippen molar-refractivity contribution in [1.29, 1.82) is 0 Å². The summed E-state index contributed by atoms with van der Waals surface area (Å²) in [7, 11) is -1.68. The highest BCUT2D eigenvalue weighted by atomic mass is 32.2. The number of rotatable bonds is 8. The molecule has 1 atom stereocenters. The minimum Gasteiger partial charge on any atom is -0.317 e. The van der Waals surface area contributed by atoms with Gasteiger partial charge in [-0.15, -0.1) is 0 Å². The molecule has 118 valence electrons. The zero-order valence-corrected chi connectivity index (χ0v) is 14.0. The third-order valence-corrected chi connectivity index (χ3v) is 6.28. The zero-order chi connectivity index (χ0) is 15.5. The molecule has 0 aliphatic heterocycles. The fourth-order valence-corrected chi connectivity index (χ4v) is 3.92. The van der Waals surface area contributed by atoms with Gasteiger partial charge in [0.15, 0.2) is 0 Å². The van der Waals surface area contributed by atoms with E-state index in [4.69, 9.17) is 0 Å². The molecule has 1 unspecified atom stereocenters. The molecule has 2 rings (SSSR count). The molecule has 5 heteroatoms. The number of hydrogen-bond donors (Lipinski definition) is 1. The van der Waals surface area contributed by atoms with Gasteiger partial charge in [0, 0.05) is 13.1 Å². The van der Waals surface area contributed by atoms with Gasteiger partial charge >= 0.3 is 0 Å². The van der Waals surface area contributed by atoms with Crippen LogP contribution in [0.25, 0.3) is 0 Å². The molecule has 0 radical (unpaired) electrons. The van der Waals surface area contributed by atoms with Crippen molar-refractivity contribution in [1.82, 2.24) is 9.62 Å². The lowest BCUT2D eigenvalue weighted by atomic mass is 10.1. The Bertz CT molecular complexity index is 550. The molecular weight excluding hydrogens is 284 g/mol. The van der Waals surface area contributed by atoms with Crippen LogP contribution in [0.4, 0.5) is 0 Å². The second kappa shape index (κ2) is 6.90. The SMILES string of the molecule is CCNCCc1ccc(S(=O)(=O)N(C)C(C)C2CC2)cc1. The van der Waals surface area contributed by atoms with Gasteiger partial charge in [-0.05, 0) is 62.9 Å². The van der Waals surface area contributed by atoms with Gasteiger partial charge in [-0.2, -0.15) is 4.31 Å². The van der Waals surface area contributed by atoms with Gasteiger partial charge in [0.1, 0.15) is 0 Å². The van der Waals surface area contributed by atoms with Gasteiger partial charge in [-0.1, -0.05) is 19.1 Å². The van der Waals surface area contributed by atoms with Crippen LogP contribution in [-0.4, -0.2) is 38.9 Å². The van der Waals surface area contributed by atoms with Crippen molar-refractivity contribution in [2.24, 2.45) is 5.92 Å². The first-order valence-corrected chi connectivity index (χ1v) is 9.18. The lowest BCUT2D eigenvalue weighted by molar-refractivity contribution is 0.357. The molecular formula is C16H26N2O2S. The maximum Gasteiger partial charge on any atom is 0.243 e. The van der Waals surface area contributed by atoms with Crippen LogP contribution in [0.1, 0.15) is 32.3 Å². The topological polar surface area (TPSA) is 49.4 Å². The van der Waals surface area contributed by atoms with Gasteiger partial charge < -0.3 is 5.32 Å². The summed E-state index contributed by atoms with van der Waals surface area (Å²) in [5.41, 5.74) is 1.16. The van der Waals surface area contributed by atoms with Crippen LogP contribution in [0.2, 0.25) is 0 Å². The molecule has 0 saturated heterocycles. The first kappa shape index (κ1) is 16.5. The first-order valence-electron chi connectivity index (χ1n) is 7.74. The lowest BCUT2D eigenvalue weighted by Gasteiger charge is -2.24. The van der Waals surface area contributed by atoms with Crippen LogP contribution in [0.5, 0.6) is 0 Å². The smallest absolute Gasteiger partial charge is 0.243 e. The number of nitrogens with one attached hydrogen (secondary N) is 1. The molecule has 1 N–H and O–H groups in total. The van der Waals surface area contributed by atoms with E-state index < -0.39 is 10.0 Å². The monoisotopic (exact) mass is 310 g/mol. The van der Waals surface area contributed by atoms with E-state index in [0.717, 1.165) is 37.9 Å². The van der Waals surface area contributed by atoms with E-state index in [1.807, 2.05) is 19.1 Å². The second-order valence-electron chi connectivity index (χ2n) is 5.85. The second-order valence-corrected chi connectivity index (χ2v) is 7.84. The molecule has 1 aliphatic rings. The summed E-state index contributed by atoms with van der Waals surface area (Å²) < 4.78 is 26.7. The number of nitrogens with zero attached hydrogens (tertiary/aromatic N) is 1. The standard InChI is InChI=1S/C16H26N2O2S/c1-4-17-12-11-14-5-9-16(10-6-14)21(19,20)18(3)13(2)15-7-8-15/h5-6,9-10,13,15,17H,4,7-8,11-12H2,1-3H3. The molecule has 0 spiro atoms. The summed E-state index contributed by atoms with van der Waals surface area (Å²) in [6, 6.07) is 7.38. The van der Waals surface area contributed by atoms with Crippen molar-refractivity contribution in [3.8, 4) is 0 Å². The van der Waals surface area contributed by atoms with Crippen LogP contribution in [0, 0.1) is 5.92 Å². The summed E-state index contributed by atoms with van der Waals surface area (Å²) in [6.07, 6.45) is 3.21. The van der Waals surface area contributed by atoms with Gasteiger partial charge in [0.05, 0.1) is 4.90 Å². The summed E-state index contributed by atoms with van der Waals surface area (Å²) in [5.74, 6) is 0.532. The largest absolute Gasteiger partial charge is 0.317 e. The molecule has 1 aromatic carbocycles. The van der Waals surface area contributed by atoms with Crippen molar-refractivity contribution >= 4 is 10.0 Å². The van der Waals surface area contributed by atoms with Gasteiger partial charge in [-0.3, -0.25) is 0 Å². The fourth-order valence-electron chi connectivity index (χ4n) is 2.50. The third-order valence-electron chi connectivity index (χ3n) is 4.32. The Balaban J connectivity index is 2.05. The summed E-state index contributed by atoms with van der Waals surface area (Å²) in [4.78, 5) is 0.393. The van der Waals surface area contributed by atoms with Crippen LogP contribution >= 0.6 is 0 Å². The summed E-state index contributed by atoms with van der Waals surface area (Å²) >= 11 is 0. The Morgan fingerprint density at radius 2 is 1.90 bits per heavy atom. The Hall–Kier alpha value is -0.910. The molecule has 1 aromatic rings. The van der Waals surface area contributed by atoms with Crippen molar-refractivity contribution in [3.63, 3.8) is 0 Å². The summed E-state index contributed by atoms with van der Waals surface area (Å²) in [5, 5.41) is 3.27. The van der Waals surface area contributed by atoms with E-state index in [9.17, 15) is 8.42 Å². The van der Waals surface area contributed by atoms with Crippen LogP contribution < -0.4 is 5.32 Å². The van der Waals surface area contributed by atoms with Crippen molar-refractivity contribution in [2.75, 3.05) is 20.1 Å². The number of benzene rings is 1. The van der Waals surface area contributed by atoms with Gasteiger partial charge in [-0.25, -0.2) is 8.42 Å². The highest BCUT2D eigenvalue weighted by Crippen LogP contribution is 2.36. The van der Waals surface area contributed by atoms with E-state index in [-0.39, 0.29) is 6.04 Å². The maximum absolute atomic E-state index is 12.6. The molecule has 1 fully saturated rings. The third kappa shape index (κ3) is 4.05. The molecule has 1 aliphatic carbocycles. The minimum absolute atomic E-state index is 0.0865. The van der Waals surface area contributed by atoms with Crippen LogP contribution in [-0.2, 0) is 16.4 Å². The van der Waals surface area contributed by atoms with E-state index in [1.54, 1.807) is 19.2 Å². The Morgan fingerprint density at radius 3 is 2.43 bits per heavy atom. The lowest BCUT2D eigenvalue weighted by Crippen LogP contribution is -2.36. The molecule has 1 saturated carbocycles. The van der Waals surface area contributed by atoms with Crippen molar-refractivity contribution in [2.45, 2.75) is 44.0 Å². The van der Waals surface area contributed by atoms with E-state index in [1.165, 1.54) is 4.31 Å². The maximum atomic E-state index is 12.6. The molecule has 0 heterocycles. The van der Waals surface area contributed by atoms with E-state index in [0.29, 0.717) is 10.8 Å². The van der Waals surface area contributed by atoms with Gasteiger partial charge in [0.2, 0.25) is 10.0 Å².